The highest BCUT2D eigenvalue weighted by atomic mass is 16.2. The number of nitrogens with two attached hydrogens (primary N) is 1. The SMILES string of the molecule is O=C(c1cccc2[nH]c(C[NH2+]C3CC3)nc12)N1CCC2(CC1)CCN(c1ccncc1)CC2. The second-order valence-corrected chi connectivity index (χ2v) is 10.1. The van der Waals surface area contributed by atoms with Crippen LogP contribution in [0.4, 0.5) is 5.69 Å². The minimum absolute atomic E-state index is 0.133. The number of likely N-dealkylation sites (tertiary alicyclic amines) is 1. The molecule has 7 nitrogen and oxygen atoms in total. The molecule has 1 amide bonds. The molecule has 2 aromatic heterocycles. The summed E-state index contributed by atoms with van der Waals surface area (Å²) in [5.41, 5.74) is 4.19. The number of nitrogens with zero attached hydrogens (tertiary/aromatic N) is 4. The lowest BCUT2D eigenvalue weighted by Crippen LogP contribution is -2.84. The van der Waals surface area contributed by atoms with Crippen LogP contribution >= 0.6 is 0 Å². The molecule has 2 aliphatic heterocycles. The van der Waals surface area contributed by atoms with Crippen LogP contribution in [0.2, 0.25) is 0 Å². The summed E-state index contributed by atoms with van der Waals surface area (Å²) in [6.07, 6.45) is 11.0. The molecule has 33 heavy (non-hydrogen) atoms. The van der Waals surface area contributed by atoms with Crippen LogP contribution in [0.1, 0.15) is 54.7 Å². The smallest absolute Gasteiger partial charge is 0.256 e. The number of H-pyrrole nitrogens is 1. The van der Waals surface area contributed by atoms with E-state index >= 15 is 0 Å². The number of rotatable bonds is 5. The van der Waals surface area contributed by atoms with Gasteiger partial charge in [0.2, 0.25) is 0 Å². The average molecular weight is 446 g/mol. The molecule has 0 unspecified atom stereocenters. The Morgan fingerprint density at radius 2 is 1.76 bits per heavy atom. The van der Waals surface area contributed by atoms with Crippen molar-refractivity contribution in [2.75, 3.05) is 31.1 Å². The summed E-state index contributed by atoms with van der Waals surface area (Å²) in [5, 5.41) is 2.35. The van der Waals surface area contributed by atoms with E-state index in [1.54, 1.807) is 0 Å². The lowest BCUT2D eigenvalue weighted by atomic mass is 9.71. The number of nitrogens with one attached hydrogen (secondary N) is 1. The van der Waals surface area contributed by atoms with E-state index in [0.717, 1.165) is 74.0 Å². The predicted molar refractivity (Wildman–Crippen MR) is 128 cm³/mol. The third-order valence-electron chi connectivity index (χ3n) is 8.02. The maximum atomic E-state index is 13.5. The maximum Gasteiger partial charge on any atom is 0.256 e. The first-order chi connectivity index (χ1) is 16.2. The van der Waals surface area contributed by atoms with Gasteiger partial charge in [-0.1, -0.05) is 6.07 Å². The Balaban J connectivity index is 1.10. The van der Waals surface area contributed by atoms with Gasteiger partial charge in [0.05, 0.1) is 17.1 Å². The van der Waals surface area contributed by atoms with Gasteiger partial charge >= 0.3 is 0 Å². The van der Waals surface area contributed by atoms with E-state index in [4.69, 9.17) is 4.98 Å². The summed E-state index contributed by atoms with van der Waals surface area (Å²) in [6.45, 7) is 4.72. The number of fused-ring (bicyclic) bond motifs is 1. The van der Waals surface area contributed by atoms with Crippen molar-refractivity contribution in [1.29, 1.82) is 0 Å². The van der Waals surface area contributed by atoms with Crippen molar-refractivity contribution in [2.24, 2.45) is 5.41 Å². The number of anilines is 1. The molecule has 1 aliphatic carbocycles. The molecule has 1 aromatic carbocycles. The van der Waals surface area contributed by atoms with E-state index in [1.165, 1.54) is 31.4 Å². The molecule has 0 atom stereocenters. The van der Waals surface area contributed by atoms with E-state index in [0.29, 0.717) is 5.41 Å². The Morgan fingerprint density at radius 3 is 2.48 bits per heavy atom. The van der Waals surface area contributed by atoms with Crippen molar-refractivity contribution in [2.45, 2.75) is 51.1 Å². The van der Waals surface area contributed by atoms with Crippen LogP contribution in [0.25, 0.3) is 11.0 Å². The number of amides is 1. The lowest BCUT2D eigenvalue weighted by molar-refractivity contribution is -0.684. The minimum atomic E-state index is 0.133. The van der Waals surface area contributed by atoms with Gasteiger partial charge in [0, 0.05) is 57.1 Å². The van der Waals surface area contributed by atoms with Crippen LogP contribution in [0, 0.1) is 5.41 Å². The Labute approximate surface area is 194 Å². The fourth-order valence-electron chi connectivity index (χ4n) is 5.61. The number of aromatic amines is 1. The topological polar surface area (TPSA) is 81.7 Å². The molecular formula is C26H33N6O+. The van der Waals surface area contributed by atoms with E-state index in [2.05, 4.69) is 37.2 Å². The number of aromatic nitrogens is 3. The first-order valence-electron chi connectivity index (χ1n) is 12.4. The first-order valence-corrected chi connectivity index (χ1v) is 12.4. The average Bonchev–Trinajstić information content (AvgIpc) is 3.60. The number of hydrogen-bond acceptors (Lipinski definition) is 4. The molecule has 0 radical (unpaired) electrons. The van der Waals surface area contributed by atoms with Crippen LogP contribution in [-0.4, -0.2) is 58.0 Å². The zero-order valence-corrected chi connectivity index (χ0v) is 19.2. The highest BCUT2D eigenvalue weighted by Gasteiger charge is 2.39. The number of piperidine rings is 2. The number of pyridine rings is 1. The van der Waals surface area contributed by atoms with Crippen molar-refractivity contribution in [3.8, 4) is 0 Å². The summed E-state index contributed by atoms with van der Waals surface area (Å²) in [5.74, 6) is 1.10. The quantitative estimate of drug-likeness (QED) is 0.633. The summed E-state index contributed by atoms with van der Waals surface area (Å²) in [6, 6.07) is 10.9. The highest BCUT2D eigenvalue weighted by Crippen LogP contribution is 2.42. The number of quaternary nitrogens is 1. The maximum absolute atomic E-state index is 13.5. The number of benzene rings is 1. The summed E-state index contributed by atoms with van der Waals surface area (Å²) < 4.78 is 0. The molecule has 4 heterocycles. The third-order valence-corrected chi connectivity index (χ3v) is 8.02. The number of para-hydroxylation sites is 1. The molecule has 2 saturated heterocycles. The number of carbonyl (C=O) groups excluding carboxylic acids is 1. The van der Waals surface area contributed by atoms with Crippen LogP contribution in [0.5, 0.6) is 0 Å². The van der Waals surface area contributed by atoms with Gasteiger partial charge in [-0.2, -0.15) is 0 Å². The minimum Gasteiger partial charge on any atom is -0.371 e. The second-order valence-electron chi connectivity index (χ2n) is 10.1. The van der Waals surface area contributed by atoms with Crippen molar-refractivity contribution < 1.29 is 10.1 Å². The van der Waals surface area contributed by atoms with Crippen LogP contribution < -0.4 is 10.2 Å². The molecule has 0 bridgehead atoms. The van der Waals surface area contributed by atoms with Gasteiger partial charge in [-0.3, -0.25) is 9.78 Å². The molecule has 6 rings (SSSR count). The van der Waals surface area contributed by atoms with Gasteiger partial charge in [0.1, 0.15) is 12.1 Å². The predicted octanol–water partition coefficient (Wildman–Crippen LogP) is 2.71. The zero-order valence-electron chi connectivity index (χ0n) is 19.2. The van der Waals surface area contributed by atoms with Crippen LogP contribution in [-0.2, 0) is 6.54 Å². The van der Waals surface area contributed by atoms with Crippen LogP contribution in [0.3, 0.4) is 0 Å². The first kappa shape index (κ1) is 20.7. The van der Waals surface area contributed by atoms with Gasteiger partial charge in [0.15, 0.2) is 5.82 Å². The molecule has 172 valence electrons. The zero-order chi connectivity index (χ0) is 22.3. The van der Waals surface area contributed by atoms with Crippen LogP contribution in [0.15, 0.2) is 42.7 Å². The van der Waals surface area contributed by atoms with Gasteiger partial charge in [-0.25, -0.2) is 4.98 Å². The Morgan fingerprint density at radius 1 is 1.03 bits per heavy atom. The largest absolute Gasteiger partial charge is 0.371 e. The standard InChI is InChI=1S/C26H32N6O/c33-25(21-2-1-3-22-24(21)30-23(29-22)18-28-19-4-5-19)32-16-10-26(11-17-32)8-14-31(15-9-26)20-6-12-27-13-7-20/h1-3,6-7,12-13,19,28H,4-5,8-11,14-18H2,(H,29,30)/p+1. The Hall–Kier alpha value is -2.93. The van der Waals surface area contributed by atoms with Gasteiger partial charge < -0.3 is 20.1 Å². The van der Waals surface area contributed by atoms with E-state index in [-0.39, 0.29) is 5.91 Å². The van der Waals surface area contributed by atoms with E-state index in [1.807, 2.05) is 30.6 Å². The van der Waals surface area contributed by atoms with Crippen molar-refractivity contribution in [1.82, 2.24) is 19.9 Å². The highest BCUT2D eigenvalue weighted by molar-refractivity contribution is 6.04. The molecule has 7 heteroatoms. The summed E-state index contributed by atoms with van der Waals surface area (Å²) in [7, 11) is 0. The second kappa shape index (κ2) is 8.45. The molecule has 1 spiro atoms. The number of hydrogen-bond donors (Lipinski definition) is 2. The van der Waals surface area contributed by atoms with Gasteiger partial charge in [0.25, 0.3) is 5.91 Å². The molecule has 3 N–H and O–H groups in total. The van der Waals surface area contributed by atoms with Crippen molar-refractivity contribution in [3.63, 3.8) is 0 Å². The third kappa shape index (κ3) is 4.22. The van der Waals surface area contributed by atoms with Crippen molar-refractivity contribution >= 4 is 22.6 Å². The van der Waals surface area contributed by atoms with Gasteiger partial charge in [-0.15, -0.1) is 0 Å². The van der Waals surface area contributed by atoms with Gasteiger partial charge in [-0.05, 0) is 55.4 Å². The van der Waals surface area contributed by atoms with E-state index < -0.39 is 0 Å². The fourth-order valence-corrected chi connectivity index (χ4v) is 5.61. The monoisotopic (exact) mass is 445 g/mol. The Bertz CT molecular complexity index is 1120. The van der Waals surface area contributed by atoms with E-state index in [9.17, 15) is 4.79 Å². The molecular weight excluding hydrogens is 412 g/mol. The fraction of sp³-hybridized carbons (Fsp3) is 0.500. The normalized spacial score (nSPS) is 20.5. The number of imidazole rings is 1. The van der Waals surface area contributed by atoms with Crippen molar-refractivity contribution in [3.05, 3.63) is 54.1 Å². The molecule has 1 saturated carbocycles. The molecule has 3 aliphatic rings. The molecule has 3 fully saturated rings. The summed E-state index contributed by atoms with van der Waals surface area (Å²) in [4.78, 5) is 30.4. The summed E-state index contributed by atoms with van der Waals surface area (Å²) >= 11 is 0. The molecule has 3 aromatic rings. The Kier molecular flexibility index (Phi) is 5.29. The lowest BCUT2D eigenvalue weighted by Gasteiger charge is -2.47. The number of carbonyl (C=O) groups is 1.